The number of aliphatic hydroxyl groups excluding tert-OH is 1. The predicted molar refractivity (Wildman–Crippen MR) is 119 cm³/mol. The number of hydrogen-bond donors (Lipinski definition) is 1. The summed E-state index contributed by atoms with van der Waals surface area (Å²) < 4.78 is 6.46. The topological polar surface area (TPSA) is 32.8 Å². The fourth-order valence-electron chi connectivity index (χ4n) is 9.53. The van der Waals surface area contributed by atoms with Crippen LogP contribution in [-0.4, -0.2) is 23.4 Å². The molecule has 2 nitrogen and oxygen atoms in total. The van der Waals surface area contributed by atoms with E-state index in [1.165, 1.54) is 51.4 Å². The van der Waals surface area contributed by atoms with E-state index < -0.39 is 0 Å². The number of rotatable bonds is 5. The molecule has 5 rings (SSSR count). The number of hydrogen-bond acceptors (Lipinski definition) is 2. The molecule has 0 amide bonds. The summed E-state index contributed by atoms with van der Waals surface area (Å²) in [5.74, 6) is 5.82. The van der Waals surface area contributed by atoms with E-state index in [4.69, 9.17) is 4.74 Å². The lowest BCUT2D eigenvalue weighted by atomic mass is 9.44. The molecule has 0 radical (unpaired) electrons. The van der Waals surface area contributed by atoms with Crippen LogP contribution in [0.4, 0.5) is 0 Å². The summed E-state index contributed by atoms with van der Waals surface area (Å²) in [5, 5.41) is 10.3. The van der Waals surface area contributed by atoms with Crippen molar-refractivity contribution >= 4 is 0 Å². The zero-order valence-electron chi connectivity index (χ0n) is 19.7. The largest absolute Gasteiger partial charge is 0.393 e. The highest BCUT2D eigenvalue weighted by Crippen LogP contribution is 2.71. The first-order valence-corrected chi connectivity index (χ1v) is 13.1. The zero-order chi connectivity index (χ0) is 20.6. The van der Waals surface area contributed by atoms with Gasteiger partial charge in [0, 0.05) is 0 Å². The van der Waals surface area contributed by atoms with Gasteiger partial charge in [-0.05, 0) is 97.2 Å². The van der Waals surface area contributed by atoms with E-state index in [9.17, 15) is 5.11 Å². The third-order valence-electron chi connectivity index (χ3n) is 11.1. The fraction of sp³-hybridized carbons (Fsp3) is 1.00. The van der Waals surface area contributed by atoms with Crippen LogP contribution in [0.25, 0.3) is 0 Å². The highest BCUT2D eigenvalue weighted by molar-refractivity contribution is 5.18. The third-order valence-corrected chi connectivity index (χ3v) is 11.1. The summed E-state index contributed by atoms with van der Waals surface area (Å²) in [6.07, 6.45) is 14.2. The lowest BCUT2D eigenvalue weighted by Crippen LogP contribution is -2.57. The van der Waals surface area contributed by atoms with Crippen LogP contribution >= 0.6 is 0 Å². The van der Waals surface area contributed by atoms with E-state index in [-0.39, 0.29) is 6.10 Å². The Morgan fingerprint density at radius 3 is 2.34 bits per heavy atom. The lowest BCUT2D eigenvalue weighted by molar-refractivity contribution is -0.115. The first-order valence-electron chi connectivity index (χ1n) is 13.1. The summed E-state index contributed by atoms with van der Waals surface area (Å²) in [4.78, 5) is 0. The molecule has 4 aliphatic carbocycles. The minimum absolute atomic E-state index is 0.0779. The summed E-state index contributed by atoms with van der Waals surface area (Å²) in [5.41, 5.74) is 0.968. The second-order valence-electron chi connectivity index (χ2n) is 12.9. The standard InChI is InChI=1S/C27H46O2/c1-16(2)7-6-8-17(3)19-9-10-20-23-21(12-14-26(19,20)4)27(5)13-11-18(28)15-22(27)24-25(23)29-24/h16-25,28H,6-15H2,1-5H3/t17-,18+,19-,20+,21+,22-,23+,24-,25+,26-,27-/m1/s1. The van der Waals surface area contributed by atoms with Crippen LogP contribution in [0.2, 0.25) is 0 Å². The smallest absolute Gasteiger partial charge is 0.0879 e. The molecule has 0 unspecified atom stereocenters. The number of aliphatic hydroxyl groups is 1. The fourth-order valence-corrected chi connectivity index (χ4v) is 9.53. The Balaban J connectivity index is 1.34. The van der Waals surface area contributed by atoms with Gasteiger partial charge in [-0.2, -0.15) is 0 Å². The monoisotopic (exact) mass is 402 g/mol. The molecule has 1 N–H and O–H groups in total. The maximum Gasteiger partial charge on any atom is 0.0879 e. The van der Waals surface area contributed by atoms with Crippen molar-refractivity contribution in [2.24, 2.45) is 52.3 Å². The van der Waals surface area contributed by atoms with Crippen LogP contribution in [0, 0.1) is 52.3 Å². The van der Waals surface area contributed by atoms with Gasteiger partial charge in [0.1, 0.15) is 0 Å². The molecule has 11 atom stereocenters. The lowest BCUT2D eigenvalue weighted by Gasteiger charge is -2.59. The highest BCUT2D eigenvalue weighted by atomic mass is 16.6. The molecule has 5 aliphatic rings. The van der Waals surface area contributed by atoms with Gasteiger partial charge in [0.2, 0.25) is 0 Å². The van der Waals surface area contributed by atoms with Crippen molar-refractivity contribution in [1.82, 2.24) is 0 Å². The average Bonchev–Trinajstić information content (AvgIpc) is 3.37. The molecule has 4 saturated carbocycles. The van der Waals surface area contributed by atoms with Crippen molar-refractivity contribution in [3.63, 3.8) is 0 Å². The maximum absolute atomic E-state index is 10.3. The molecule has 166 valence electrons. The highest BCUT2D eigenvalue weighted by Gasteiger charge is 2.70. The summed E-state index contributed by atoms with van der Waals surface area (Å²) >= 11 is 0. The Bertz CT molecular complexity index is 616. The van der Waals surface area contributed by atoms with Crippen LogP contribution in [0.1, 0.15) is 98.8 Å². The molecule has 0 aromatic carbocycles. The van der Waals surface area contributed by atoms with E-state index >= 15 is 0 Å². The molecule has 0 spiro atoms. The molecule has 0 bridgehead atoms. The van der Waals surface area contributed by atoms with Crippen molar-refractivity contribution in [3.8, 4) is 0 Å². The van der Waals surface area contributed by atoms with Gasteiger partial charge in [0.25, 0.3) is 0 Å². The number of epoxide rings is 1. The molecule has 1 heterocycles. The molecule has 29 heavy (non-hydrogen) atoms. The first-order chi connectivity index (χ1) is 13.8. The van der Waals surface area contributed by atoms with Crippen molar-refractivity contribution in [2.75, 3.05) is 0 Å². The third kappa shape index (κ3) is 3.17. The van der Waals surface area contributed by atoms with Gasteiger partial charge in [-0.25, -0.2) is 0 Å². The number of fused-ring (bicyclic) bond motifs is 8. The van der Waals surface area contributed by atoms with E-state index in [1.807, 2.05) is 0 Å². The number of ether oxygens (including phenoxy) is 1. The Hall–Kier alpha value is -0.0800. The van der Waals surface area contributed by atoms with Gasteiger partial charge in [0.15, 0.2) is 0 Å². The first kappa shape index (κ1) is 20.8. The van der Waals surface area contributed by atoms with Crippen molar-refractivity contribution in [1.29, 1.82) is 0 Å². The maximum atomic E-state index is 10.3. The summed E-state index contributed by atoms with van der Waals surface area (Å²) in [6, 6.07) is 0. The van der Waals surface area contributed by atoms with Crippen molar-refractivity contribution in [2.45, 2.75) is 117 Å². The Morgan fingerprint density at radius 2 is 1.59 bits per heavy atom. The van der Waals surface area contributed by atoms with Gasteiger partial charge < -0.3 is 9.84 Å². The predicted octanol–water partition coefficient (Wildman–Crippen LogP) is 6.46. The van der Waals surface area contributed by atoms with Gasteiger partial charge in [-0.3, -0.25) is 0 Å². The molecular formula is C27H46O2. The minimum atomic E-state index is -0.0779. The second-order valence-corrected chi connectivity index (χ2v) is 12.9. The Labute approximate surface area is 179 Å². The van der Waals surface area contributed by atoms with Crippen molar-refractivity contribution in [3.05, 3.63) is 0 Å². The van der Waals surface area contributed by atoms with Crippen molar-refractivity contribution < 1.29 is 9.84 Å². The summed E-state index contributed by atoms with van der Waals surface area (Å²) in [7, 11) is 0. The van der Waals surface area contributed by atoms with Gasteiger partial charge in [-0.1, -0.05) is 53.9 Å². The molecular weight excluding hydrogens is 356 g/mol. The van der Waals surface area contributed by atoms with Gasteiger partial charge in [0.05, 0.1) is 18.3 Å². The molecule has 2 heteroatoms. The van der Waals surface area contributed by atoms with E-state index in [0.717, 1.165) is 48.3 Å². The molecule has 1 aliphatic heterocycles. The SMILES string of the molecule is CC(C)CCC[C@@H](C)[C@H]1CC[C@H]2[C@@H]3[C@@H]4O[C@@H]4[C@H]4C[C@@H](O)CC[C@]4(C)[C@H]3CC[C@]12C. The quantitative estimate of drug-likeness (QED) is 0.536. The normalized spacial score (nSPS) is 54.3. The summed E-state index contributed by atoms with van der Waals surface area (Å²) in [6.45, 7) is 12.6. The van der Waals surface area contributed by atoms with E-state index in [0.29, 0.717) is 29.0 Å². The molecule has 0 aromatic heterocycles. The second kappa shape index (κ2) is 7.22. The van der Waals surface area contributed by atoms with Crippen LogP contribution < -0.4 is 0 Å². The zero-order valence-corrected chi connectivity index (χ0v) is 19.7. The van der Waals surface area contributed by atoms with Crippen LogP contribution in [-0.2, 0) is 4.74 Å². The Morgan fingerprint density at radius 1 is 0.862 bits per heavy atom. The molecule has 1 saturated heterocycles. The van der Waals surface area contributed by atoms with Crippen LogP contribution in [0.3, 0.4) is 0 Å². The minimum Gasteiger partial charge on any atom is -0.393 e. The van der Waals surface area contributed by atoms with Crippen LogP contribution in [0.15, 0.2) is 0 Å². The average molecular weight is 403 g/mol. The Kier molecular flexibility index (Phi) is 5.18. The van der Waals surface area contributed by atoms with Crippen LogP contribution in [0.5, 0.6) is 0 Å². The molecule has 5 fully saturated rings. The molecule has 0 aromatic rings. The van der Waals surface area contributed by atoms with E-state index in [2.05, 4.69) is 34.6 Å². The van der Waals surface area contributed by atoms with Gasteiger partial charge >= 0.3 is 0 Å². The van der Waals surface area contributed by atoms with Gasteiger partial charge in [-0.15, -0.1) is 0 Å². The van der Waals surface area contributed by atoms with E-state index in [1.54, 1.807) is 0 Å².